The van der Waals surface area contributed by atoms with E-state index in [0.29, 0.717) is 24.3 Å². The summed E-state index contributed by atoms with van der Waals surface area (Å²) < 4.78 is 1.70. The number of anilines is 1. The Balaban J connectivity index is 1.40. The molecule has 2 aliphatic rings. The predicted octanol–water partition coefficient (Wildman–Crippen LogP) is 7.57. The molecule has 7 rings (SSSR count). The highest BCUT2D eigenvalue weighted by Gasteiger charge is 2.41. The maximum Gasteiger partial charge on any atom is 0.337 e. The minimum Gasteiger partial charge on any atom is -0.478 e. The molecule has 0 saturated carbocycles. The van der Waals surface area contributed by atoms with Crippen molar-refractivity contribution in [3.05, 3.63) is 135 Å². The molecule has 5 aromatic rings. The van der Waals surface area contributed by atoms with E-state index < -0.39 is 5.97 Å². The van der Waals surface area contributed by atoms with Crippen molar-refractivity contribution in [2.24, 2.45) is 0 Å². The first kappa shape index (κ1) is 25.2. The summed E-state index contributed by atoms with van der Waals surface area (Å²) in [5.41, 5.74) is 7.22. The Morgan fingerprint density at radius 2 is 1.66 bits per heavy atom. The van der Waals surface area contributed by atoms with Gasteiger partial charge in [-0.15, -0.1) is 11.3 Å². The number of benzene rings is 3. The summed E-state index contributed by atoms with van der Waals surface area (Å²) in [7, 11) is 0. The zero-order valence-electron chi connectivity index (χ0n) is 22.4. The number of hydrogen-bond donors (Lipinski definition) is 2. The summed E-state index contributed by atoms with van der Waals surface area (Å²) >= 11 is 1.68. The maximum atomic E-state index is 13.9. The standard InChI is InChI=1S/C34H27N3O3S/c1-20-30-31(23-15-13-22(14-16-23)21-8-3-2-4-9-21)32-26(18-24(19-28(32)38)29-12-7-17-41-29)35-33(30)37(36-20)27-11-6-5-10-25(27)34(39)40/h2-17,24,31,35H,18-19H2,1H3,(H,39,40)/t24-,31-/m1/s1. The highest BCUT2D eigenvalue weighted by molar-refractivity contribution is 7.10. The molecule has 41 heavy (non-hydrogen) atoms. The largest absolute Gasteiger partial charge is 0.478 e. The van der Waals surface area contributed by atoms with Gasteiger partial charge < -0.3 is 10.4 Å². The fraction of sp³-hybridized carbons (Fsp3) is 0.147. The molecule has 6 nitrogen and oxygen atoms in total. The number of para-hydroxylation sites is 1. The quantitative estimate of drug-likeness (QED) is 0.233. The lowest BCUT2D eigenvalue weighted by Crippen LogP contribution is -2.30. The molecule has 1 aliphatic carbocycles. The van der Waals surface area contributed by atoms with Crippen molar-refractivity contribution in [2.75, 3.05) is 5.32 Å². The van der Waals surface area contributed by atoms with E-state index in [1.165, 1.54) is 4.88 Å². The van der Waals surface area contributed by atoms with Crippen LogP contribution >= 0.6 is 11.3 Å². The molecule has 0 spiro atoms. The third-order valence-corrected chi connectivity index (χ3v) is 9.16. The number of nitrogens with zero attached hydrogens (tertiary/aromatic N) is 2. The molecule has 0 radical (unpaired) electrons. The number of allylic oxidation sites excluding steroid dienone is 2. The minimum absolute atomic E-state index is 0.0974. The molecule has 2 atom stereocenters. The zero-order chi connectivity index (χ0) is 28.1. The van der Waals surface area contributed by atoms with Gasteiger partial charge in [-0.05, 0) is 53.6 Å². The van der Waals surface area contributed by atoms with E-state index in [0.717, 1.165) is 39.2 Å². The number of carboxylic acids is 1. The molecule has 1 aliphatic heterocycles. The van der Waals surface area contributed by atoms with Gasteiger partial charge in [0, 0.05) is 40.0 Å². The highest BCUT2D eigenvalue weighted by Crippen LogP contribution is 2.50. The van der Waals surface area contributed by atoms with Gasteiger partial charge in [-0.2, -0.15) is 5.10 Å². The predicted molar refractivity (Wildman–Crippen MR) is 161 cm³/mol. The van der Waals surface area contributed by atoms with Crippen LogP contribution in [0.2, 0.25) is 0 Å². The minimum atomic E-state index is -1.02. The average molecular weight is 558 g/mol. The third-order valence-electron chi connectivity index (χ3n) is 8.12. The maximum absolute atomic E-state index is 13.9. The molecule has 0 fully saturated rings. The third kappa shape index (κ3) is 4.30. The van der Waals surface area contributed by atoms with Gasteiger partial charge in [-0.3, -0.25) is 4.79 Å². The van der Waals surface area contributed by atoms with Crippen molar-refractivity contribution < 1.29 is 14.7 Å². The number of ketones is 1. The first-order chi connectivity index (χ1) is 20.0. The Morgan fingerprint density at radius 3 is 2.39 bits per heavy atom. The van der Waals surface area contributed by atoms with Crippen LogP contribution in [0.25, 0.3) is 16.8 Å². The van der Waals surface area contributed by atoms with Crippen LogP contribution in [-0.4, -0.2) is 26.6 Å². The van der Waals surface area contributed by atoms with E-state index in [1.54, 1.807) is 34.2 Å². The van der Waals surface area contributed by atoms with Gasteiger partial charge in [-0.1, -0.05) is 72.8 Å². The molecule has 0 saturated heterocycles. The van der Waals surface area contributed by atoms with Gasteiger partial charge in [-0.25, -0.2) is 9.48 Å². The number of rotatable bonds is 5. The highest BCUT2D eigenvalue weighted by atomic mass is 32.1. The van der Waals surface area contributed by atoms with Crippen molar-refractivity contribution in [3.8, 4) is 16.8 Å². The van der Waals surface area contributed by atoms with E-state index in [1.807, 2.05) is 37.3 Å². The summed E-state index contributed by atoms with van der Waals surface area (Å²) in [5.74, 6) is -0.379. The van der Waals surface area contributed by atoms with E-state index >= 15 is 0 Å². The second kappa shape index (κ2) is 10.0. The van der Waals surface area contributed by atoms with Gasteiger partial charge in [0.25, 0.3) is 0 Å². The number of carbonyl (C=O) groups excluding carboxylic acids is 1. The van der Waals surface area contributed by atoms with Crippen molar-refractivity contribution >= 4 is 28.9 Å². The van der Waals surface area contributed by atoms with Crippen LogP contribution in [0.3, 0.4) is 0 Å². The number of fused-ring (bicyclic) bond motifs is 1. The normalized spacial score (nSPS) is 18.0. The van der Waals surface area contributed by atoms with Crippen LogP contribution in [0.1, 0.15) is 56.7 Å². The number of thiophene rings is 1. The Labute approximate surface area is 241 Å². The SMILES string of the molecule is Cc1nn(-c2ccccc2C(=O)O)c2c1[C@@H](c1ccc(-c3ccccc3)cc1)C1=C(C[C@@H](c3cccs3)CC1=O)N2. The van der Waals surface area contributed by atoms with E-state index in [9.17, 15) is 14.7 Å². The number of aromatic nitrogens is 2. The summed E-state index contributed by atoms with van der Waals surface area (Å²) in [5, 5.41) is 20.4. The monoisotopic (exact) mass is 557 g/mol. The Hall–Kier alpha value is -4.75. The molecule has 0 amide bonds. The van der Waals surface area contributed by atoms with Crippen molar-refractivity contribution in [1.82, 2.24) is 9.78 Å². The van der Waals surface area contributed by atoms with Crippen molar-refractivity contribution in [2.45, 2.75) is 31.6 Å². The smallest absolute Gasteiger partial charge is 0.337 e. The number of aromatic carboxylic acids is 1. The topological polar surface area (TPSA) is 84.2 Å². The summed E-state index contributed by atoms with van der Waals surface area (Å²) in [4.78, 5) is 27.3. The lowest BCUT2D eigenvalue weighted by Gasteiger charge is -2.35. The fourth-order valence-corrected chi connectivity index (χ4v) is 7.08. The average Bonchev–Trinajstić information content (AvgIpc) is 3.65. The number of aryl methyl sites for hydroxylation is 1. The van der Waals surface area contributed by atoms with Gasteiger partial charge in [0.05, 0.1) is 16.9 Å². The summed E-state index contributed by atoms with van der Waals surface area (Å²) in [6.45, 7) is 1.93. The Bertz CT molecular complexity index is 1820. The van der Waals surface area contributed by atoms with E-state index in [2.05, 4.69) is 53.2 Å². The van der Waals surface area contributed by atoms with Crippen LogP contribution in [0.5, 0.6) is 0 Å². The van der Waals surface area contributed by atoms with Crippen LogP contribution in [-0.2, 0) is 4.79 Å². The first-order valence-corrected chi connectivity index (χ1v) is 14.5. The molecule has 2 N–H and O–H groups in total. The number of carbonyl (C=O) groups is 2. The van der Waals surface area contributed by atoms with Gasteiger partial charge in [0.1, 0.15) is 5.82 Å². The number of carboxylic acid groups (broad SMARTS) is 1. The first-order valence-electron chi connectivity index (χ1n) is 13.6. The lowest BCUT2D eigenvalue weighted by molar-refractivity contribution is -0.116. The number of nitrogens with one attached hydrogen (secondary N) is 1. The van der Waals surface area contributed by atoms with Gasteiger partial charge in [0.15, 0.2) is 5.78 Å². The molecular weight excluding hydrogens is 530 g/mol. The molecule has 0 unspecified atom stereocenters. The van der Waals surface area contributed by atoms with Gasteiger partial charge >= 0.3 is 5.97 Å². The van der Waals surface area contributed by atoms with Crippen molar-refractivity contribution in [3.63, 3.8) is 0 Å². The Morgan fingerprint density at radius 1 is 0.927 bits per heavy atom. The van der Waals surface area contributed by atoms with Crippen LogP contribution in [0, 0.1) is 6.92 Å². The lowest BCUT2D eigenvalue weighted by atomic mass is 9.73. The van der Waals surface area contributed by atoms with Crippen LogP contribution in [0.15, 0.2) is 108 Å². The molecule has 7 heteroatoms. The summed E-state index contributed by atoms with van der Waals surface area (Å²) in [6, 6.07) is 29.7. The van der Waals surface area contributed by atoms with E-state index in [4.69, 9.17) is 5.10 Å². The van der Waals surface area contributed by atoms with Crippen molar-refractivity contribution in [1.29, 1.82) is 0 Å². The zero-order valence-corrected chi connectivity index (χ0v) is 23.2. The molecule has 3 aromatic carbocycles. The molecular formula is C34H27N3O3S. The molecule has 202 valence electrons. The molecule has 0 bridgehead atoms. The fourth-order valence-electron chi connectivity index (χ4n) is 6.25. The molecule has 3 heterocycles. The van der Waals surface area contributed by atoms with Crippen LogP contribution < -0.4 is 5.32 Å². The summed E-state index contributed by atoms with van der Waals surface area (Å²) in [6.07, 6.45) is 1.16. The van der Waals surface area contributed by atoms with E-state index in [-0.39, 0.29) is 23.2 Å². The Kier molecular flexibility index (Phi) is 6.16. The second-order valence-electron chi connectivity index (χ2n) is 10.6. The van der Waals surface area contributed by atoms with Gasteiger partial charge in [0.2, 0.25) is 0 Å². The van der Waals surface area contributed by atoms with Crippen LogP contribution in [0.4, 0.5) is 5.82 Å². The second-order valence-corrected chi connectivity index (χ2v) is 11.5. The number of Topliss-reactive ketones (excluding diaryl/α,β-unsaturated/α-hetero) is 1. The molecule has 2 aromatic heterocycles. The number of hydrogen-bond acceptors (Lipinski definition) is 5.